The number of aliphatic hydroxyl groups excluding tert-OH is 1. The number of aromatic hydroxyl groups is 2. The van der Waals surface area contributed by atoms with Crippen LogP contribution in [-0.4, -0.2) is 80.9 Å². The molecule has 3 aromatic rings. The fourth-order valence-corrected chi connectivity index (χ4v) is 6.56. The van der Waals surface area contributed by atoms with E-state index in [2.05, 4.69) is 10.5 Å². The van der Waals surface area contributed by atoms with Gasteiger partial charge in [0.15, 0.2) is 12.1 Å². The maximum atomic E-state index is 13.9. The van der Waals surface area contributed by atoms with Crippen molar-refractivity contribution >= 4 is 35.6 Å². The normalized spacial score (nSPS) is 26.5. The third-order valence-electron chi connectivity index (χ3n) is 9.18. The van der Waals surface area contributed by atoms with Gasteiger partial charge in [-0.15, -0.1) is 12.4 Å². The van der Waals surface area contributed by atoms with Crippen LogP contribution in [0.5, 0.6) is 17.2 Å². The number of phenols is 2. The van der Waals surface area contributed by atoms with Crippen LogP contribution in [0.1, 0.15) is 86.1 Å². The molecule has 1 aliphatic heterocycles. The van der Waals surface area contributed by atoms with Crippen molar-refractivity contribution < 1.29 is 49.0 Å². The number of hydrogen-bond acceptors (Lipinski definition) is 12. The lowest BCUT2D eigenvalue weighted by atomic mass is 9.71. The zero-order valence-corrected chi connectivity index (χ0v) is 27.1. The molecule has 1 saturated heterocycles. The Hall–Kier alpha value is -4.37. The van der Waals surface area contributed by atoms with E-state index in [1.807, 2.05) is 0 Å². The van der Waals surface area contributed by atoms with Crippen molar-refractivity contribution in [1.82, 2.24) is 5.43 Å². The lowest BCUT2D eigenvalue weighted by Crippen LogP contribution is -2.52. The van der Waals surface area contributed by atoms with Crippen molar-refractivity contribution in [3.05, 3.63) is 87.5 Å². The van der Waals surface area contributed by atoms with Crippen LogP contribution in [0.15, 0.2) is 53.6 Å². The quantitative estimate of drug-likeness (QED) is 0.0990. The van der Waals surface area contributed by atoms with Crippen LogP contribution in [0.2, 0.25) is 0 Å². The van der Waals surface area contributed by atoms with Crippen molar-refractivity contribution in [2.24, 2.45) is 10.8 Å². The monoisotopic (exact) mass is 681 g/mol. The topological polar surface area (TPSA) is 210 Å². The number of amides is 1. The predicted molar refractivity (Wildman–Crippen MR) is 174 cm³/mol. The van der Waals surface area contributed by atoms with Crippen molar-refractivity contribution in [3.8, 4) is 17.2 Å². The molecule has 0 spiro atoms. The molecule has 0 radical (unpaired) electrons. The molecule has 0 bridgehead atoms. The Morgan fingerprint density at radius 3 is 2.40 bits per heavy atom. The standard InChI is InChI=1S/C34H35N3O10.ClH/c1-15-28(38)20(35)12-23(46-15)47-22-14-34(44,16(2)36-37-33(43)17-8-5-4-6-9-17)13-19-25(22)32(42)27-26(30(19)40)29(39)18-10-7-11-21(45-3)24(18)31(27)41;/h4-11,15,20,22-23,28,38,40,42,44H,12-14,35H2,1-3H3,(H,37,43);1H/t15?,20?,22-,23?,28?,34-;/m0./s1. The van der Waals surface area contributed by atoms with Gasteiger partial charge in [0, 0.05) is 47.6 Å². The van der Waals surface area contributed by atoms with Gasteiger partial charge in [-0.05, 0) is 32.0 Å². The largest absolute Gasteiger partial charge is 0.507 e. The van der Waals surface area contributed by atoms with Crippen molar-refractivity contribution in [2.75, 3.05) is 7.11 Å². The number of ether oxygens (including phenoxy) is 3. The molecule has 254 valence electrons. The average molecular weight is 682 g/mol. The number of aliphatic hydroxyl groups is 2. The third-order valence-corrected chi connectivity index (χ3v) is 9.18. The van der Waals surface area contributed by atoms with Gasteiger partial charge in [-0.25, -0.2) is 5.43 Å². The van der Waals surface area contributed by atoms with E-state index >= 15 is 0 Å². The summed E-state index contributed by atoms with van der Waals surface area (Å²) in [5.41, 5.74) is 6.04. The maximum Gasteiger partial charge on any atom is 0.271 e. The van der Waals surface area contributed by atoms with E-state index in [0.29, 0.717) is 5.56 Å². The molecule has 3 aromatic carbocycles. The predicted octanol–water partition coefficient (Wildman–Crippen LogP) is 2.67. The summed E-state index contributed by atoms with van der Waals surface area (Å²) >= 11 is 0. The van der Waals surface area contributed by atoms with Crippen LogP contribution >= 0.6 is 12.4 Å². The smallest absolute Gasteiger partial charge is 0.271 e. The summed E-state index contributed by atoms with van der Waals surface area (Å²) in [6.07, 6.45) is -4.51. The number of fused-ring (bicyclic) bond motifs is 3. The molecule has 1 fully saturated rings. The highest BCUT2D eigenvalue weighted by atomic mass is 35.5. The average Bonchev–Trinajstić information content (AvgIpc) is 3.06. The van der Waals surface area contributed by atoms with E-state index in [1.165, 1.54) is 32.2 Å². The molecule has 0 aromatic heterocycles. The fourth-order valence-electron chi connectivity index (χ4n) is 6.56. The van der Waals surface area contributed by atoms with Crippen LogP contribution in [0.4, 0.5) is 0 Å². The zero-order chi connectivity index (χ0) is 33.8. The van der Waals surface area contributed by atoms with Crippen LogP contribution < -0.4 is 15.9 Å². The van der Waals surface area contributed by atoms with E-state index in [4.69, 9.17) is 19.9 Å². The summed E-state index contributed by atoms with van der Waals surface area (Å²) in [5.74, 6) is -3.08. The summed E-state index contributed by atoms with van der Waals surface area (Å²) in [6, 6.07) is 12.1. The maximum absolute atomic E-state index is 13.9. The number of carbonyl (C=O) groups is 3. The van der Waals surface area contributed by atoms with Crippen LogP contribution in [0.25, 0.3) is 0 Å². The minimum Gasteiger partial charge on any atom is -0.507 e. The number of carbonyl (C=O) groups excluding carboxylic acids is 3. The first-order chi connectivity index (χ1) is 22.4. The van der Waals surface area contributed by atoms with Crippen LogP contribution in [-0.2, 0) is 15.9 Å². The van der Waals surface area contributed by atoms with E-state index in [-0.39, 0.29) is 65.4 Å². The third kappa shape index (κ3) is 5.82. The second kappa shape index (κ2) is 13.3. The van der Waals surface area contributed by atoms with Crippen molar-refractivity contribution in [1.29, 1.82) is 0 Å². The van der Waals surface area contributed by atoms with Gasteiger partial charge in [0.25, 0.3) is 5.91 Å². The van der Waals surface area contributed by atoms with Crippen molar-refractivity contribution in [3.63, 3.8) is 0 Å². The molecular weight excluding hydrogens is 646 g/mol. The molecular formula is C34H36ClN3O10. The summed E-state index contributed by atoms with van der Waals surface area (Å²) in [6.45, 7) is 3.09. The number of halogens is 1. The first-order valence-electron chi connectivity index (χ1n) is 15.1. The van der Waals surface area contributed by atoms with Gasteiger partial charge in [-0.2, -0.15) is 5.10 Å². The van der Waals surface area contributed by atoms with Gasteiger partial charge in [0.1, 0.15) is 22.8 Å². The van der Waals surface area contributed by atoms with Crippen molar-refractivity contribution in [2.45, 2.75) is 69.4 Å². The van der Waals surface area contributed by atoms with Gasteiger partial charge in [-0.1, -0.05) is 30.3 Å². The highest BCUT2D eigenvalue weighted by Crippen LogP contribution is 2.52. The Kier molecular flexibility index (Phi) is 9.66. The van der Waals surface area contributed by atoms with Crippen LogP contribution in [0, 0.1) is 0 Å². The molecule has 3 aliphatic rings. The molecule has 7 N–H and O–H groups in total. The van der Waals surface area contributed by atoms with E-state index < -0.39 is 76.3 Å². The first-order valence-corrected chi connectivity index (χ1v) is 15.1. The Bertz CT molecular complexity index is 1800. The van der Waals surface area contributed by atoms with Gasteiger partial charge in [0.2, 0.25) is 5.78 Å². The minimum absolute atomic E-state index is 0. The minimum atomic E-state index is -1.88. The van der Waals surface area contributed by atoms with E-state index in [9.17, 15) is 34.8 Å². The summed E-state index contributed by atoms with van der Waals surface area (Å²) in [4.78, 5) is 40.4. The van der Waals surface area contributed by atoms with Gasteiger partial charge in [-0.3, -0.25) is 14.4 Å². The zero-order valence-electron chi connectivity index (χ0n) is 26.3. The highest BCUT2D eigenvalue weighted by Gasteiger charge is 2.49. The number of ketones is 2. The molecule has 1 heterocycles. The van der Waals surface area contributed by atoms with Gasteiger partial charge >= 0.3 is 0 Å². The molecule has 14 heteroatoms. The second-order valence-corrected chi connectivity index (χ2v) is 12.1. The number of rotatable bonds is 6. The van der Waals surface area contributed by atoms with E-state index in [0.717, 1.165) is 0 Å². The van der Waals surface area contributed by atoms with E-state index in [1.54, 1.807) is 37.3 Å². The van der Waals surface area contributed by atoms with Gasteiger partial charge in [0.05, 0.1) is 47.8 Å². The molecule has 48 heavy (non-hydrogen) atoms. The Morgan fingerprint density at radius 2 is 1.73 bits per heavy atom. The summed E-state index contributed by atoms with van der Waals surface area (Å²) in [7, 11) is 1.34. The molecule has 0 saturated carbocycles. The molecule has 2 aliphatic carbocycles. The number of hydrazone groups is 1. The molecule has 6 atom stereocenters. The summed E-state index contributed by atoms with van der Waals surface area (Å²) in [5, 5.41) is 50.0. The number of benzene rings is 3. The fraction of sp³-hybridized carbons (Fsp3) is 0.353. The van der Waals surface area contributed by atoms with Gasteiger partial charge < -0.3 is 40.4 Å². The Labute approximate surface area is 281 Å². The lowest BCUT2D eigenvalue weighted by molar-refractivity contribution is -0.245. The first kappa shape index (κ1) is 35.0. The summed E-state index contributed by atoms with van der Waals surface area (Å²) < 4.78 is 17.5. The number of phenolic OH excluding ortho intramolecular Hbond substituents is 2. The molecule has 4 unspecified atom stereocenters. The molecule has 6 rings (SSSR count). The number of nitrogens with zero attached hydrogens (tertiary/aromatic N) is 1. The number of nitrogens with two attached hydrogens (primary N) is 1. The van der Waals surface area contributed by atoms with Crippen LogP contribution in [0.3, 0.4) is 0 Å². The SMILES string of the molecule is COc1cccc2c1C(=O)c1c(O)c3c(c(O)c1C2=O)C[C@@](O)(C(C)=NNC(=O)c1ccccc1)C[C@@H]3OC1CC(N)C(O)C(C)O1.Cl. The molecule has 13 nitrogen and oxygen atoms in total. The number of hydrogen-bond donors (Lipinski definition) is 6. The highest BCUT2D eigenvalue weighted by molar-refractivity contribution is 6.31. The number of nitrogens with one attached hydrogen (secondary N) is 1. The number of methoxy groups -OCH3 is 1. The Morgan fingerprint density at radius 1 is 1.04 bits per heavy atom. The second-order valence-electron chi connectivity index (χ2n) is 12.1. The molecule has 1 amide bonds. The lowest BCUT2D eigenvalue weighted by Gasteiger charge is -2.42. The Balaban J connectivity index is 0.00000451.